The minimum absolute atomic E-state index is 0.223. The van der Waals surface area contributed by atoms with Crippen LogP contribution in [0.1, 0.15) is 25.7 Å². The molecule has 0 radical (unpaired) electrons. The van der Waals surface area contributed by atoms with E-state index in [0.717, 1.165) is 25.8 Å². The highest BCUT2D eigenvalue weighted by atomic mass is 16.4. The van der Waals surface area contributed by atoms with Crippen LogP contribution in [-0.4, -0.2) is 68.9 Å². The van der Waals surface area contributed by atoms with Crippen LogP contribution in [-0.2, 0) is 0 Å². The third-order valence-electron chi connectivity index (χ3n) is 3.82. The lowest BCUT2D eigenvalue weighted by molar-refractivity contribution is -0.134. The zero-order chi connectivity index (χ0) is 11.7. The van der Waals surface area contributed by atoms with E-state index < -0.39 is 24.4 Å². The molecule has 2 heterocycles. The summed E-state index contributed by atoms with van der Waals surface area (Å²) in [5.74, 6) is 0. The minimum atomic E-state index is -1.25. The number of nitrogens with zero attached hydrogens (tertiary/aromatic N) is 1. The van der Waals surface area contributed by atoms with Gasteiger partial charge in [0.15, 0.2) is 0 Å². The van der Waals surface area contributed by atoms with Crippen molar-refractivity contribution in [3.63, 3.8) is 0 Å². The molecule has 2 rings (SSSR count). The number of fused-ring (bicyclic) bond motifs is 1. The van der Waals surface area contributed by atoms with E-state index in [2.05, 4.69) is 4.90 Å². The smallest absolute Gasteiger partial charge is 0.109 e. The van der Waals surface area contributed by atoms with Crippen molar-refractivity contribution in [2.24, 2.45) is 0 Å². The monoisotopic (exact) mass is 231 g/mol. The van der Waals surface area contributed by atoms with Crippen LogP contribution in [0.3, 0.4) is 0 Å². The van der Waals surface area contributed by atoms with Crippen LogP contribution in [0.2, 0.25) is 0 Å². The lowest BCUT2D eigenvalue weighted by Crippen LogP contribution is -2.56. The van der Waals surface area contributed by atoms with E-state index in [1.807, 2.05) is 0 Å². The first-order valence-corrected chi connectivity index (χ1v) is 6.06. The number of hydrogen-bond acceptors (Lipinski definition) is 5. The molecule has 5 nitrogen and oxygen atoms in total. The average molecular weight is 231 g/mol. The van der Waals surface area contributed by atoms with Crippen molar-refractivity contribution >= 4 is 0 Å². The molecular formula is C11H21NO4. The minimum Gasteiger partial charge on any atom is -0.390 e. The first kappa shape index (κ1) is 12.3. The van der Waals surface area contributed by atoms with E-state index in [0.29, 0.717) is 13.0 Å². The zero-order valence-electron chi connectivity index (χ0n) is 9.37. The molecular weight excluding hydrogens is 210 g/mol. The quantitative estimate of drug-likeness (QED) is 0.416. The van der Waals surface area contributed by atoms with Crippen LogP contribution >= 0.6 is 0 Å². The molecule has 4 N–H and O–H groups in total. The third-order valence-corrected chi connectivity index (χ3v) is 3.82. The highest BCUT2D eigenvalue weighted by molar-refractivity contribution is 4.91. The van der Waals surface area contributed by atoms with Gasteiger partial charge in [-0.05, 0) is 25.8 Å². The summed E-state index contributed by atoms with van der Waals surface area (Å²) in [4.78, 5) is 2.12. The number of piperidine rings is 1. The summed E-state index contributed by atoms with van der Waals surface area (Å²) in [7, 11) is 0. The fraction of sp³-hybridized carbons (Fsp3) is 1.00. The van der Waals surface area contributed by atoms with Crippen molar-refractivity contribution in [1.29, 1.82) is 0 Å². The van der Waals surface area contributed by atoms with E-state index in [4.69, 9.17) is 0 Å². The summed E-state index contributed by atoms with van der Waals surface area (Å²) in [5, 5.41) is 38.8. The molecule has 0 unspecified atom stereocenters. The molecule has 0 aliphatic carbocycles. The first-order valence-electron chi connectivity index (χ1n) is 6.06. The van der Waals surface area contributed by atoms with Crippen molar-refractivity contribution in [3.05, 3.63) is 0 Å². The largest absolute Gasteiger partial charge is 0.390 e. The van der Waals surface area contributed by atoms with Gasteiger partial charge in [-0.2, -0.15) is 0 Å². The molecule has 2 fully saturated rings. The van der Waals surface area contributed by atoms with Crippen LogP contribution in [0.25, 0.3) is 0 Å². The van der Waals surface area contributed by atoms with Gasteiger partial charge in [0, 0.05) is 12.6 Å². The fourth-order valence-electron chi connectivity index (χ4n) is 2.79. The Kier molecular flexibility index (Phi) is 3.81. The standard InChI is InChI=1S/C11H21NO4/c13-8-5-7-3-1-2-4-12(7)6-9(14)11(16)10(8)15/h7-11,13-16H,1-6H2/t7-,8-,9+,10-,11+/m0/s1. The third kappa shape index (κ3) is 2.38. The summed E-state index contributed by atoms with van der Waals surface area (Å²) in [5.41, 5.74) is 0. The van der Waals surface area contributed by atoms with Gasteiger partial charge in [-0.15, -0.1) is 0 Å². The Morgan fingerprint density at radius 3 is 2.31 bits per heavy atom. The predicted octanol–water partition coefficient (Wildman–Crippen LogP) is -1.31. The maximum Gasteiger partial charge on any atom is 0.109 e. The van der Waals surface area contributed by atoms with E-state index in [1.54, 1.807) is 0 Å². The molecule has 0 saturated carbocycles. The maximum absolute atomic E-state index is 9.76. The van der Waals surface area contributed by atoms with Gasteiger partial charge in [0.05, 0.1) is 12.2 Å². The number of hydrogen-bond donors (Lipinski definition) is 4. The summed E-state index contributed by atoms with van der Waals surface area (Å²) in [6.45, 7) is 1.28. The second-order valence-electron chi connectivity index (χ2n) is 5.00. The molecule has 0 amide bonds. The second-order valence-corrected chi connectivity index (χ2v) is 5.00. The van der Waals surface area contributed by atoms with Crippen molar-refractivity contribution in [2.75, 3.05) is 13.1 Å². The van der Waals surface area contributed by atoms with Crippen LogP contribution in [0.5, 0.6) is 0 Å². The van der Waals surface area contributed by atoms with Crippen molar-refractivity contribution in [1.82, 2.24) is 4.90 Å². The number of aliphatic hydroxyl groups excluding tert-OH is 4. The van der Waals surface area contributed by atoms with Crippen LogP contribution in [0.4, 0.5) is 0 Å². The SMILES string of the molecule is O[C@@H]1[C@H](O)[C@H](O)CN2CCCC[C@H]2C[C@@H]1O. The van der Waals surface area contributed by atoms with E-state index >= 15 is 0 Å². The van der Waals surface area contributed by atoms with Gasteiger partial charge >= 0.3 is 0 Å². The van der Waals surface area contributed by atoms with Gasteiger partial charge in [-0.1, -0.05) is 6.42 Å². The molecule has 94 valence electrons. The highest BCUT2D eigenvalue weighted by Gasteiger charge is 2.38. The van der Waals surface area contributed by atoms with Crippen LogP contribution < -0.4 is 0 Å². The first-order chi connectivity index (χ1) is 7.59. The van der Waals surface area contributed by atoms with Gasteiger partial charge in [0.25, 0.3) is 0 Å². The van der Waals surface area contributed by atoms with Crippen molar-refractivity contribution in [3.8, 4) is 0 Å². The summed E-state index contributed by atoms with van der Waals surface area (Å²) < 4.78 is 0. The normalized spacial score (nSPS) is 46.9. The Hall–Kier alpha value is -0.200. The summed E-state index contributed by atoms with van der Waals surface area (Å²) in [6.07, 6.45) is -0.726. The lowest BCUT2D eigenvalue weighted by Gasteiger charge is -2.42. The number of aliphatic hydroxyl groups is 4. The maximum atomic E-state index is 9.76. The molecule has 0 bridgehead atoms. The van der Waals surface area contributed by atoms with Gasteiger partial charge in [0.1, 0.15) is 12.2 Å². The van der Waals surface area contributed by atoms with Gasteiger partial charge in [0.2, 0.25) is 0 Å². The van der Waals surface area contributed by atoms with E-state index in [9.17, 15) is 20.4 Å². The topological polar surface area (TPSA) is 84.2 Å². The second kappa shape index (κ2) is 4.98. The van der Waals surface area contributed by atoms with E-state index in [1.165, 1.54) is 0 Å². The van der Waals surface area contributed by atoms with Gasteiger partial charge in [-0.3, -0.25) is 4.90 Å². The molecule has 2 saturated heterocycles. The predicted molar refractivity (Wildman–Crippen MR) is 57.9 cm³/mol. The average Bonchev–Trinajstić information content (AvgIpc) is 2.28. The molecule has 0 aromatic rings. The molecule has 0 spiro atoms. The fourth-order valence-corrected chi connectivity index (χ4v) is 2.79. The highest BCUT2D eigenvalue weighted by Crippen LogP contribution is 2.25. The molecule has 5 atom stereocenters. The summed E-state index contributed by atoms with van der Waals surface area (Å²) >= 11 is 0. The van der Waals surface area contributed by atoms with Gasteiger partial charge < -0.3 is 20.4 Å². The lowest BCUT2D eigenvalue weighted by atomic mass is 9.89. The molecule has 2 aliphatic heterocycles. The van der Waals surface area contributed by atoms with E-state index in [-0.39, 0.29) is 6.04 Å². The van der Waals surface area contributed by atoms with Gasteiger partial charge in [-0.25, -0.2) is 0 Å². The Labute approximate surface area is 95.3 Å². The van der Waals surface area contributed by atoms with Crippen LogP contribution in [0, 0.1) is 0 Å². The molecule has 2 aliphatic rings. The Morgan fingerprint density at radius 2 is 1.56 bits per heavy atom. The van der Waals surface area contributed by atoms with Crippen molar-refractivity contribution < 1.29 is 20.4 Å². The van der Waals surface area contributed by atoms with Crippen molar-refractivity contribution in [2.45, 2.75) is 56.1 Å². The zero-order valence-corrected chi connectivity index (χ0v) is 9.37. The Morgan fingerprint density at radius 1 is 0.875 bits per heavy atom. The molecule has 0 aromatic heterocycles. The molecule has 16 heavy (non-hydrogen) atoms. The van der Waals surface area contributed by atoms with Crippen LogP contribution in [0.15, 0.2) is 0 Å². The molecule has 5 heteroatoms. The molecule has 0 aromatic carbocycles. The Bertz CT molecular complexity index is 214. The number of rotatable bonds is 0. The Balaban J connectivity index is 2.09. The summed E-state index contributed by atoms with van der Waals surface area (Å²) in [6, 6.07) is 0.223.